The van der Waals surface area contributed by atoms with Crippen molar-refractivity contribution in [1.29, 1.82) is 0 Å². The molecule has 0 aliphatic carbocycles. The molecule has 4 aromatic rings. The van der Waals surface area contributed by atoms with Crippen molar-refractivity contribution in [2.24, 2.45) is 0 Å². The predicted molar refractivity (Wildman–Crippen MR) is 115 cm³/mol. The van der Waals surface area contributed by atoms with Crippen molar-refractivity contribution in [2.75, 3.05) is 6.54 Å². The first-order valence-electron chi connectivity index (χ1n) is 9.63. The highest BCUT2D eigenvalue weighted by atomic mass is 32.1. The number of rotatable bonds is 9. The van der Waals surface area contributed by atoms with E-state index in [4.69, 9.17) is 0 Å². The third-order valence-electron chi connectivity index (χ3n) is 4.60. The Morgan fingerprint density at radius 3 is 2.90 bits per heavy atom. The molecule has 0 aliphatic heterocycles. The highest BCUT2D eigenvalue weighted by Crippen LogP contribution is 2.12. The Morgan fingerprint density at radius 2 is 2.03 bits per heavy atom. The van der Waals surface area contributed by atoms with E-state index in [1.807, 2.05) is 24.3 Å². The predicted octanol–water partition coefficient (Wildman–Crippen LogP) is 2.17. The Hall–Kier alpha value is -3.14. The van der Waals surface area contributed by atoms with Crippen LogP contribution < -0.4 is 10.6 Å². The number of amides is 1. The van der Waals surface area contributed by atoms with Crippen molar-refractivity contribution in [1.82, 2.24) is 30.6 Å². The molecule has 4 N–H and O–H groups in total. The van der Waals surface area contributed by atoms with Crippen LogP contribution in [0.5, 0.6) is 0 Å². The van der Waals surface area contributed by atoms with E-state index in [1.54, 1.807) is 23.7 Å². The maximum Gasteiger partial charge on any atom is 0.271 e. The molecule has 3 aromatic heterocycles. The van der Waals surface area contributed by atoms with Crippen molar-refractivity contribution in [3.05, 3.63) is 75.8 Å². The molecule has 0 saturated carbocycles. The largest absolute Gasteiger partial charge is 0.392 e. The van der Waals surface area contributed by atoms with Crippen LogP contribution in [0.1, 0.15) is 32.6 Å². The minimum absolute atomic E-state index is 0.110. The molecule has 0 radical (unpaired) electrons. The number of hydrogen-bond acceptors (Lipinski definition) is 7. The molecule has 154 valence electrons. The number of nitrogens with zero attached hydrogens (tertiary/aromatic N) is 3. The number of imidazole rings is 1. The van der Waals surface area contributed by atoms with Gasteiger partial charge in [-0.2, -0.15) is 0 Å². The van der Waals surface area contributed by atoms with Gasteiger partial charge >= 0.3 is 0 Å². The number of pyridine rings is 1. The number of carbonyl (C=O) groups excluding carboxylic acids is 1. The average molecular weight is 423 g/mol. The van der Waals surface area contributed by atoms with Gasteiger partial charge in [-0.15, -0.1) is 11.3 Å². The zero-order chi connectivity index (χ0) is 20.8. The van der Waals surface area contributed by atoms with Crippen molar-refractivity contribution < 1.29 is 9.90 Å². The fourth-order valence-corrected chi connectivity index (χ4v) is 3.83. The van der Waals surface area contributed by atoms with E-state index in [0.29, 0.717) is 23.5 Å². The summed E-state index contributed by atoms with van der Waals surface area (Å²) in [6, 6.07) is 11.5. The number of thiazole rings is 1. The van der Waals surface area contributed by atoms with E-state index in [9.17, 15) is 9.90 Å². The van der Waals surface area contributed by atoms with Gasteiger partial charge in [0.25, 0.3) is 5.91 Å². The number of carbonyl (C=O) groups is 1. The molecule has 0 aliphatic rings. The van der Waals surface area contributed by atoms with Gasteiger partial charge < -0.3 is 20.7 Å². The second-order valence-electron chi connectivity index (χ2n) is 6.70. The molecule has 30 heavy (non-hydrogen) atoms. The number of aromatic amines is 1. The number of aromatic nitrogens is 4. The smallest absolute Gasteiger partial charge is 0.271 e. The van der Waals surface area contributed by atoms with Crippen LogP contribution >= 0.6 is 11.3 Å². The summed E-state index contributed by atoms with van der Waals surface area (Å²) in [5, 5.41) is 18.2. The standard InChI is InChI=1S/C21H22N6O2S/c28-12-14-4-3-8-23-17(14)10-24-21(29)18-13-30-20(27-18)7-9-22-11-19-25-15-5-1-2-6-16(15)26-19/h1-6,8,13,22,28H,7,9-12H2,(H,24,29)(H,25,26). The molecule has 0 fully saturated rings. The van der Waals surface area contributed by atoms with Gasteiger partial charge in [0.1, 0.15) is 11.5 Å². The van der Waals surface area contributed by atoms with Crippen LogP contribution in [0.3, 0.4) is 0 Å². The van der Waals surface area contributed by atoms with Crippen molar-refractivity contribution in [3.63, 3.8) is 0 Å². The fourth-order valence-electron chi connectivity index (χ4n) is 3.05. The minimum atomic E-state index is -0.248. The molecule has 0 spiro atoms. The van der Waals surface area contributed by atoms with Crippen LogP contribution in [0.2, 0.25) is 0 Å². The zero-order valence-corrected chi connectivity index (χ0v) is 17.1. The Kier molecular flexibility index (Phi) is 6.43. The summed E-state index contributed by atoms with van der Waals surface area (Å²) in [5.74, 6) is 0.648. The summed E-state index contributed by atoms with van der Waals surface area (Å²) >= 11 is 1.47. The molecule has 3 heterocycles. The normalized spacial score (nSPS) is 11.1. The van der Waals surface area contributed by atoms with Crippen LogP contribution in [-0.4, -0.2) is 37.5 Å². The topological polar surface area (TPSA) is 116 Å². The molecular formula is C21H22N6O2S. The first-order chi connectivity index (χ1) is 14.7. The van der Waals surface area contributed by atoms with Crippen LogP contribution in [0.4, 0.5) is 0 Å². The number of hydrogen-bond donors (Lipinski definition) is 4. The monoisotopic (exact) mass is 422 g/mol. The second kappa shape index (κ2) is 9.57. The number of para-hydroxylation sites is 2. The Balaban J connectivity index is 1.24. The van der Waals surface area contributed by atoms with E-state index in [0.717, 1.165) is 34.8 Å². The molecule has 8 nitrogen and oxygen atoms in total. The van der Waals surface area contributed by atoms with Crippen molar-refractivity contribution >= 4 is 28.3 Å². The Labute approximate surface area is 177 Å². The lowest BCUT2D eigenvalue weighted by atomic mass is 10.2. The highest BCUT2D eigenvalue weighted by molar-refractivity contribution is 7.09. The minimum Gasteiger partial charge on any atom is -0.392 e. The van der Waals surface area contributed by atoms with Crippen molar-refractivity contribution in [3.8, 4) is 0 Å². The van der Waals surface area contributed by atoms with E-state index >= 15 is 0 Å². The van der Waals surface area contributed by atoms with E-state index in [1.165, 1.54) is 11.3 Å². The Morgan fingerprint density at radius 1 is 1.13 bits per heavy atom. The number of nitrogens with one attached hydrogen (secondary N) is 3. The van der Waals surface area contributed by atoms with Crippen LogP contribution in [-0.2, 0) is 26.1 Å². The first-order valence-corrected chi connectivity index (χ1v) is 10.5. The summed E-state index contributed by atoms with van der Waals surface area (Å²) in [4.78, 5) is 28.8. The fraction of sp³-hybridized carbons (Fsp3) is 0.238. The van der Waals surface area contributed by atoms with Gasteiger partial charge in [0.2, 0.25) is 0 Å². The quantitative estimate of drug-likeness (QED) is 0.307. The van der Waals surface area contributed by atoms with E-state index in [2.05, 4.69) is 30.6 Å². The zero-order valence-electron chi connectivity index (χ0n) is 16.3. The van der Waals surface area contributed by atoms with Gasteiger partial charge in [-0.1, -0.05) is 18.2 Å². The summed E-state index contributed by atoms with van der Waals surface area (Å²) < 4.78 is 0. The van der Waals surface area contributed by atoms with Crippen LogP contribution in [0.15, 0.2) is 48.0 Å². The number of H-pyrrole nitrogens is 1. The third kappa shape index (κ3) is 4.88. The van der Waals surface area contributed by atoms with Gasteiger partial charge in [0, 0.05) is 30.1 Å². The molecule has 0 saturated heterocycles. The molecule has 0 unspecified atom stereocenters. The highest BCUT2D eigenvalue weighted by Gasteiger charge is 2.12. The van der Waals surface area contributed by atoms with Crippen LogP contribution in [0.25, 0.3) is 11.0 Å². The number of benzene rings is 1. The first kappa shape index (κ1) is 20.1. The molecule has 1 aromatic carbocycles. The van der Waals surface area contributed by atoms with Gasteiger partial charge in [0.05, 0.1) is 41.4 Å². The third-order valence-corrected chi connectivity index (χ3v) is 5.51. The number of aliphatic hydroxyl groups is 1. The lowest BCUT2D eigenvalue weighted by molar-refractivity contribution is 0.0945. The number of fused-ring (bicyclic) bond motifs is 1. The molecule has 0 atom stereocenters. The summed E-state index contributed by atoms with van der Waals surface area (Å²) in [6.45, 7) is 1.52. The molecule has 1 amide bonds. The molecular weight excluding hydrogens is 400 g/mol. The van der Waals surface area contributed by atoms with Gasteiger partial charge in [0.15, 0.2) is 0 Å². The SMILES string of the molecule is O=C(NCc1ncccc1CO)c1csc(CCNCc2nc3ccccc3[nH]2)n1. The number of aliphatic hydroxyl groups excluding tert-OH is 1. The van der Waals surface area contributed by atoms with E-state index in [-0.39, 0.29) is 19.1 Å². The maximum absolute atomic E-state index is 12.3. The lowest BCUT2D eigenvalue weighted by Gasteiger charge is -2.06. The van der Waals surface area contributed by atoms with Gasteiger partial charge in [-0.3, -0.25) is 9.78 Å². The second-order valence-corrected chi connectivity index (χ2v) is 7.65. The summed E-state index contributed by atoms with van der Waals surface area (Å²) in [6.07, 6.45) is 2.37. The maximum atomic E-state index is 12.3. The van der Waals surface area contributed by atoms with Gasteiger partial charge in [-0.25, -0.2) is 9.97 Å². The van der Waals surface area contributed by atoms with Crippen LogP contribution in [0, 0.1) is 0 Å². The molecule has 9 heteroatoms. The molecule has 0 bridgehead atoms. The summed E-state index contributed by atoms with van der Waals surface area (Å²) in [5.41, 5.74) is 3.74. The Bertz CT molecular complexity index is 1110. The average Bonchev–Trinajstić information content (AvgIpc) is 3.42. The van der Waals surface area contributed by atoms with E-state index < -0.39 is 0 Å². The lowest BCUT2D eigenvalue weighted by Crippen LogP contribution is -2.24. The summed E-state index contributed by atoms with van der Waals surface area (Å²) in [7, 11) is 0. The van der Waals surface area contributed by atoms with Gasteiger partial charge in [-0.05, 0) is 18.2 Å². The molecule has 4 rings (SSSR count). The van der Waals surface area contributed by atoms with Crippen molar-refractivity contribution in [2.45, 2.75) is 26.1 Å².